The number of benzene rings is 3. The second-order valence-corrected chi connectivity index (χ2v) is 8.64. The van der Waals surface area contributed by atoms with Gasteiger partial charge in [-0.3, -0.25) is 19.3 Å². The molecule has 7 nitrogen and oxygen atoms in total. The molecule has 0 saturated carbocycles. The lowest BCUT2D eigenvalue weighted by molar-refractivity contribution is -0.123. The van der Waals surface area contributed by atoms with E-state index in [1.165, 1.54) is 12.0 Å². The fraction of sp³-hybridized carbons (Fsp3) is 0.125. The van der Waals surface area contributed by atoms with Gasteiger partial charge in [-0.2, -0.15) is 0 Å². The van der Waals surface area contributed by atoms with Gasteiger partial charge < -0.3 is 15.2 Å². The predicted octanol–water partition coefficient (Wildman–Crippen LogP) is 4.60. The fourth-order valence-corrected chi connectivity index (χ4v) is 4.53. The highest BCUT2D eigenvalue weighted by atomic mass is 35.5. The van der Waals surface area contributed by atoms with Gasteiger partial charge in [0.1, 0.15) is 0 Å². The largest absolute Gasteiger partial charge is 0.493 e. The highest BCUT2D eigenvalue weighted by Gasteiger charge is 2.35. The first-order chi connectivity index (χ1) is 15.9. The van der Waals surface area contributed by atoms with E-state index in [4.69, 9.17) is 26.8 Å². The Labute approximate surface area is 199 Å². The van der Waals surface area contributed by atoms with Gasteiger partial charge in [-0.1, -0.05) is 48.0 Å². The van der Waals surface area contributed by atoms with Crippen molar-refractivity contribution in [3.05, 3.63) is 75.7 Å². The van der Waals surface area contributed by atoms with Crippen molar-refractivity contribution in [1.82, 2.24) is 4.90 Å². The first kappa shape index (κ1) is 22.7. The van der Waals surface area contributed by atoms with Crippen LogP contribution < -0.4 is 15.2 Å². The van der Waals surface area contributed by atoms with Gasteiger partial charge in [0.15, 0.2) is 18.1 Å². The molecule has 0 atom stereocenters. The molecular formula is C24H19ClN2O5S. The monoisotopic (exact) mass is 482 g/mol. The third kappa shape index (κ3) is 4.97. The Morgan fingerprint density at radius 2 is 1.88 bits per heavy atom. The summed E-state index contributed by atoms with van der Waals surface area (Å²) in [6, 6.07) is 16.9. The van der Waals surface area contributed by atoms with Crippen LogP contribution in [0.3, 0.4) is 0 Å². The van der Waals surface area contributed by atoms with E-state index in [9.17, 15) is 14.4 Å². The van der Waals surface area contributed by atoms with E-state index in [2.05, 4.69) is 0 Å². The maximum Gasteiger partial charge on any atom is 0.293 e. The van der Waals surface area contributed by atoms with Crippen molar-refractivity contribution in [1.29, 1.82) is 0 Å². The molecule has 0 radical (unpaired) electrons. The van der Waals surface area contributed by atoms with E-state index < -0.39 is 5.91 Å². The number of ether oxygens (including phenoxy) is 2. The maximum absolute atomic E-state index is 12.9. The summed E-state index contributed by atoms with van der Waals surface area (Å²) in [7, 11) is 1.42. The molecule has 1 saturated heterocycles. The second-order valence-electron chi connectivity index (χ2n) is 7.24. The number of fused-ring (bicyclic) bond motifs is 1. The standard InChI is InChI=1S/C24H19ClN2O5S/c1-31-19-10-15(9-18(25)22(19)32-13-21(26)28)11-20-23(29)27(24(30)33-20)12-14-6-7-16-4-2-3-5-17(16)8-14/h2-11H,12-13H2,1H3,(H2,26,28)/b20-11-. The number of methoxy groups -OCH3 is 1. The molecule has 1 heterocycles. The van der Waals surface area contributed by atoms with Crippen LogP contribution in [0.25, 0.3) is 16.8 Å². The van der Waals surface area contributed by atoms with Gasteiger partial charge in [0.2, 0.25) is 0 Å². The van der Waals surface area contributed by atoms with Crippen molar-refractivity contribution in [3.8, 4) is 11.5 Å². The zero-order valence-corrected chi connectivity index (χ0v) is 19.1. The van der Waals surface area contributed by atoms with Gasteiger partial charge in [0, 0.05) is 0 Å². The molecule has 1 aliphatic heterocycles. The number of hydrogen-bond acceptors (Lipinski definition) is 6. The number of carbonyl (C=O) groups excluding carboxylic acids is 3. The normalized spacial score (nSPS) is 14.8. The first-order valence-electron chi connectivity index (χ1n) is 9.87. The molecule has 1 fully saturated rings. The summed E-state index contributed by atoms with van der Waals surface area (Å²) in [5.74, 6) is -0.607. The number of nitrogens with zero attached hydrogens (tertiary/aromatic N) is 1. The maximum atomic E-state index is 12.9. The van der Waals surface area contributed by atoms with Crippen molar-refractivity contribution in [2.75, 3.05) is 13.7 Å². The van der Waals surface area contributed by atoms with Crippen molar-refractivity contribution in [2.24, 2.45) is 5.73 Å². The van der Waals surface area contributed by atoms with E-state index in [-0.39, 0.29) is 45.7 Å². The Morgan fingerprint density at radius 3 is 2.61 bits per heavy atom. The van der Waals surface area contributed by atoms with Gasteiger partial charge >= 0.3 is 0 Å². The SMILES string of the molecule is COc1cc(/C=C2\SC(=O)N(Cc3ccc4ccccc4c3)C2=O)cc(Cl)c1OCC(N)=O. The molecule has 1 aliphatic rings. The van der Waals surface area contributed by atoms with E-state index >= 15 is 0 Å². The number of rotatable bonds is 7. The molecule has 3 aromatic rings. The molecule has 0 aliphatic carbocycles. The summed E-state index contributed by atoms with van der Waals surface area (Å²) < 4.78 is 10.6. The zero-order chi connectivity index (χ0) is 23.5. The third-order valence-electron chi connectivity index (χ3n) is 4.94. The summed E-state index contributed by atoms with van der Waals surface area (Å²) in [4.78, 5) is 38.0. The molecule has 3 amide bonds. The summed E-state index contributed by atoms with van der Waals surface area (Å²) in [5.41, 5.74) is 6.51. The number of primary amides is 1. The molecule has 0 spiro atoms. The minimum absolute atomic E-state index is 0.166. The van der Waals surface area contributed by atoms with E-state index in [0.717, 1.165) is 28.1 Å². The Morgan fingerprint density at radius 1 is 1.12 bits per heavy atom. The number of imide groups is 1. The number of nitrogens with two attached hydrogens (primary N) is 1. The zero-order valence-electron chi connectivity index (χ0n) is 17.5. The number of amides is 3. The highest BCUT2D eigenvalue weighted by Crippen LogP contribution is 2.39. The average Bonchev–Trinajstić information content (AvgIpc) is 3.05. The van der Waals surface area contributed by atoms with Crippen LogP contribution in [0.5, 0.6) is 11.5 Å². The Hall–Kier alpha value is -3.49. The quantitative estimate of drug-likeness (QED) is 0.494. The van der Waals surface area contributed by atoms with Crippen LogP contribution in [-0.2, 0) is 16.1 Å². The van der Waals surface area contributed by atoms with Crippen LogP contribution in [0.4, 0.5) is 4.79 Å². The smallest absolute Gasteiger partial charge is 0.293 e. The average molecular weight is 483 g/mol. The summed E-state index contributed by atoms with van der Waals surface area (Å²) in [5, 5.41) is 1.96. The van der Waals surface area contributed by atoms with Crippen LogP contribution in [0, 0.1) is 0 Å². The fourth-order valence-electron chi connectivity index (χ4n) is 3.41. The number of carbonyl (C=O) groups is 3. The van der Waals surface area contributed by atoms with Crippen molar-refractivity contribution < 1.29 is 23.9 Å². The van der Waals surface area contributed by atoms with Gasteiger partial charge in [0.25, 0.3) is 17.1 Å². The van der Waals surface area contributed by atoms with Crippen LogP contribution in [0.15, 0.2) is 59.5 Å². The van der Waals surface area contributed by atoms with Gasteiger partial charge in [-0.15, -0.1) is 0 Å². The Balaban J connectivity index is 1.56. The topological polar surface area (TPSA) is 98.9 Å². The molecule has 4 rings (SSSR count). The van der Waals surface area contributed by atoms with Gasteiger partial charge in [-0.25, -0.2) is 0 Å². The van der Waals surface area contributed by atoms with Crippen LogP contribution >= 0.6 is 23.4 Å². The van der Waals surface area contributed by atoms with Crippen molar-refractivity contribution in [3.63, 3.8) is 0 Å². The summed E-state index contributed by atoms with van der Waals surface area (Å²) in [6.07, 6.45) is 1.57. The third-order valence-corrected chi connectivity index (χ3v) is 6.12. The number of hydrogen-bond donors (Lipinski definition) is 1. The Kier molecular flexibility index (Phi) is 6.57. The van der Waals surface area contributed by atoms with Crippen LogP contribution in [0.2, 0.25) is 5.02 Å². The summed E-state index contributed by atoms with van der Waals surface area (Å²) >= 11 is 7.13. The Bertz CT molecular complexity index is 1310. The van der Waals surface area contributed by atoms with Crippen LogP contribution in [-0.4, -0.2) is 35.7 Å². The summed E-state index contributed by atoms with van der Waals surface area (Å²) in [6.45, 7) is -0.181. The molecule has 2 N–H and O–H groups in total. The lowest BCUT2D eigenvalue weighted by Gasteiger charge is -2.13. The minimum atomic E-state index is -0.655. The second kappa shape index (κ2) is 9.56. The molecule has 0 aromatic heterocycles. The minimum Gasteiger partial charge on any atom is -0.493 e. The molecule has 3 aromatic carbocycles. The highest BCUT2D eigenvalue weighted by molar-refractivity contribution is 8.18. The molecule has 0 unspecified atom stereocenters. The molecular weight excluding hydrogens is 464 g/mol. The lowest BCUT2D eigenvalue weighted by Crippen LogP contribution is -2.27. The molecule has 0 bridgehead atoms. The number of halogens is 1. The van der Waals surface area contributed by atoms with Crippen LogP contribution in [0.1, 0.15) is 11.1 Å². The van der Waals surface area contributed by atoms with Crippen molar-refractivity contribution >= 4 is 57.3 Å². The number of thioether (sulfide) groups is 1. The predicted molar refractivity (Wildman–Crippen MR) is 128 cm³/mol. The van der Waals surface area contributed by atoms with Gasteiger partial charge in [0.05, 0.1) is 23.6 Å². The van der Waals surface area contributed by atoms with E-state index in [0.29, 0.717) is 5.56 Å². The lowest BCUT2D eigenvalue weighted by atomic mass is 10.1. The van der Waals surface area contributed by atoms with Gasteiger partial charge in [-0.05, 0) is 57.9 Å². The van der Waals surface area contributed by atoms with E-state index in [1.807, 2.05) is 42.5 Å². The van der Waals surface area contributed by atoms with Crippen molar-refractivity contribution in [2.45, 2.75) is 6.54 Å². The first-order valence-corrected chi connectivity index (χ1v) is 11.1. The molecule has 33 heavy (non-hydrogen) atoms. The molecule has 9 heteroatoms. The van der Waals surface area contributed by atoms with E-state index in [1.54, 1.807) is 18.2 Å². The molecule has 168 valence electrons.